The summed E-state index contributed by atoms with van der Waals surface area (Å²) in [6, 6.07) is 11.2. The topological polar surface area (TPSA) is 113 Å². The first-order valence-electron chi connectivity index (χ1n) is 9.30. The number of carbonyl (C=O) groups is 1. The molecular weight excluding hydrogens is 370 g/mol. The molecule has 3 aromatic heterocycles. The van der Waals surface area contributed by atoms with Gasteiger partial charge in [-0.1, -0.05) is 30.3 Å². The summed E-state index contributed by atoms with van der Waals surface area (Å²) in [6.07, 6.45) is 2.47. The van der Waals surface area contributed by atoms with E-state index in [4.69, 9.17) is 0 Å². The second kappa shape index (κ2) is 6.37. The third kappa shape index (κ3) is 2.80. The summed E-state index contributed by atoms with van der Waals surface area (Å²) in [7, 11) is 0. The molecule has 4 aromatic rings. The Morgan fingerprint density at radius 3 is 2.66 bits per heavy atom. The first-order chi connectivity index (χ1) is 14.0. The summed E-state index contributed by atoms with van der Waals surface area (Å²) in [5.41, 5.74) is 2.35. The molecule has 0 saturated heterocycles. The highest BCUT2D eigenvalue weighted by atomic mass is 16.1. The molecule has 0 spiro atoms. The van der Waals surface area contributed by atoms with Gasteiger partial charge in [0, 0.05) is 29.9 Å². The van der Waals surface area contributed by atoms with E-state index in [-0.39, 0.29) is 28.8 Å². The molecule has 2 N–H and O–H groups in total. The highest BCUT2D eigenvalue weighted by Crippen LogP contribution is 2.34. The number of aromatic nitrogens is 5. The van der Waals surface area contributed by atoms with Crippen LogP contribution >= 0.6 is 0 Å². The normalized spacial score (nSPS) is 16.2. The molecule has 1 aromatic carbocycles. The number of rotatable bonds is 2. The Morgan fingerprint density at radius 1 is 1.10 bits per heavy atom. The molecule has 144 valence electrons. The number of pyridine rings is 1. The zero-order valence-electron chi connectivity index (χ0n) is 15.6. The average molecular weight is 387 g/mol. The standard InChI is InChI=1S/C21H17N5O3/c1-11-7-17(28)24-21(23-11)26-20(29)18-14-8-13(12-5-3-2-4-6-12)9-16(27)15(14)10-22-19(18)25-26/h2-7,10,13H,8-9H2,1H3,(H,22,25)(H,23,24,28). The number of hydrogen-bond donors (Lipinski definition) is 2. The summed E-state index contributed by atoms with van der Waals surface area (Å²) in [6.45, 7) is 1.68. The van der Waals surface area contributed by atoms with Gasteiger partial charge in [0.15, 0.2) is 11.4 Å². The predicted molar refractivity (Wildman–Crippen MR) is 107 cm³/mol. The lowest BCUT2D eigenvalue weighted by molar-refractivity contribution is 0.0964. The number of nitrogens with zero attached hydrogens (tertiary/aromatic N) is 3. The fourth-order valence-corrected chi connectivity index (χ4v) is 4.02. The van der Waals surface area contributed by atoms with E-state index in [1.54, 1.807) is 6.92 Å². The number of aromatic amines is 2. The minimum atomic E-state index is -0.389. The molecule has 0 bridgehead atoms. The van der Waals surface area contributed by atoms with Crippen LogP contribution < -0.4 is 11.1 Å². The van der Waals surface area contributed by atoms with Gasteiger partial charge in [-0.05, 0) is 30.4 Å². The van der Waals surface area contributed by atoms with Gasteiger partial charge in [0.1, 0.15) is 0 Å². The van der Waals surface area contributed by atoms with E-state index in [2.05, 4.69) is 20.1 Å². The van der Waals surface area contributed by atoms with Gasteiger partial charge in [-0.2, -0.15) is 4.68 Å². The van der Waals surface area contributed by atoms with Crippen molar-refractivity contribution in [2.45, 2.75) is 25.7 Å². The third-order valence-corrected chi connectivity index (χ3v) is 5.34. The van der Waals surface area contributed by atoms with Crippen LogP contribution in [-0.4, -0.2) is 30.5 Å². The maximum Gasteiger partial charge on any atom is 0.283 e. The number of ketones is 1. The molecule has 8 heteroatoms. The molecule has 1 unspecified atom stereocenters. The minimum absolute atomic E-state index is 0.00134. The van der Waals surface area contributed by atoms with Gasteiger partial charge in [-0.25, -0.2) is 9.97 Å². The largest absolute Gasteiger partial charge is 0.294 e. The lowest BCUT2D eigenvalue weighted by Crippen LogP contribution is -2.24. The van der Waals surface area contributed by atoms with Crippen LogP contribution in [0.5, 0.6) is 0 Å². The van der Waals surface area contributed by atoms with Crippen LogP contribution in [-0.2, 0) is 6.42 Å². The van der Waals surface area contributed by atoms with Crippen LogP contribution in [0.2, 0.25) is 0 Å². The summed E-state index contributed by atoms with van der Waals surface area (Å²) in [4.78, 5) is 48.8. The fraction of sp³-hybridized carbons (Fsp3) is 0.190. The van der Waals surface area contributed by atoms with Gasteiger partial charge in [-0.15, -0.1) is 0 Å². The van der Waals surface area contributed by atoms with Crippen LogP contribution in [0.3, 0.4) is 0 Å². The fourth-order valence-electron chi connectivity index (χ4n) is 4.02. The van der Waals surface area contributed by atoms with Gasteiger partial charge in [0.2, 0.25) is 5.95 Å². The zero-order valence-corrected chi connectivity index (χ0v) is 15.6. The second-order valence-corrected chi connectivity index (χ2v) is 7.28. The van der Waals surface area contributed by atoms with Crippen LogP contribution in [0.4, 0.5) is 0 Å². The van der Waals surface area contributed by atoms with Crippen LogP contribution in [0.25, 0.3) is 17.0 Å². The predicted octanol–water partition coefficient (Wildman–Crippen LogP) is 2.02. The van der Waals surface area contributed by atoms with Gasteiger partial charge in [-0.3, -0.25) is 24.5 Å². The second-order valence-electron chi connectivity index (χ2n) is 7.28. The van der Waals surface area contributed by atoms with Gasteiger partial charge in [0.05, 0.1) is 5.39 Å². The minimum Gasteiger partial charge on any atom is -0.294 e. The maximum absolute atomic E-state index is 13.2. The monoisotopic (exact) mass is 387 g/mol. The van der Waals surface area contributed by atoms with Crippen molar-refractivity contribution in [3.8, 4) is 5.95 Å². The smallest absolute Gasteiger partial charge is 0.283 e. The third-order valence-electron chi connectivity index (χ3n) is 5.34. The highest BCUT2D eigenvalue weighted by molar-refractivity contribution is 6.02. The number of Topliss-reactive ketones (excluding diaryl/α,β-unsaturated/α-hetero) is 1. The molecule has 0 saturated carbocycles. The van der Waals surface area contributed by atoms with Gasteiger partial charge >= 0.3 is 0 Å². The molecule has 0 aliphatic heterocycles. The summed E-state index contributed by atoms with van der Waals surface area (Å²) in [5.74, 6) is 0.0682. The van der Waals surface area contributed by atoms with Crippen LogP contribution in [0, 0.1) is 6.92 Å². The van der Waals surface area contributed by atoms with Crippen LogP contribution in [0.1, 0.15) is 39.5 Å². The molecule has 5 rings (SSSR count). The van der Waals surface area contributed by atoms with Crippen molar-refractivity contribution >= 4 is 16.8 Å². The molecule has 1 atom stereocenters. The molecular formula is C21H17N5O3. The van der Waals surface area contributed by atoms with Crippen LogP contribution in [0.15, 0.2) is 52.2 Å². The van der Waals surface area contributed by atoms with E-state index in [9.17, 15) is 14.4 Å². The van der Waals surface area contributed by atoms with Crippen molar-refractivity contribution in [3.05, 3.63) is 85.7 Å². The van der Waals surface area contributed by atoms with Crippen molar-refractivity contribution in [1.82, 2.24) is 24.7 Å². The Balaban J connectivity index is 1.71. The molecule has 29 heavy (non-hydrogen) atoms. The quantitative estimate of drug-likeness (QED) is 0.546. The van der Waals surface area contributed by atoms with Crippen molar-refractivity contribution in [2.75, 3.05) is 0 Å². The van der Waals surface area contributed by atoms with Crippen molar-refractivity contribution in [1.29, 1.82) is 0 Å². The van der Waals surface area contributed by atoms with E-state index in [0.717, 1.165) is 5.56 Å². The van der Waals surface area contributed by atoms with Crippen molar-refractivity contribution < 1.29 is 4.79 Å². The van der Waals surface area contributed by atoms with E-state index in [0.29, 0.717) is 40.7 Å². The summed E-state index contributed by atoms with van der Waals surface area (Å²) in [5, 5.41) is 3.26. The first kappa shape index (κ1) is 17.3. The Labute approximate surface area is 164 Å². The Kier molecular flexibility index (Phi) is 3.80. The first-order valence-corrected chi connectivity index (χ1v) is 9.30. The lowest BCUT2D eigenvalue weighted by atomic mass is 9.79. The number of aryl methyl sites for hydroxylation is 1. The Bertz CT molecular complexity index is 1380. The Morgan fingerprint density at radius 2 is 1.90 bits per heavy atom. The number of H-pyrrole nitrogens is 2. The maximum atomic E-state index is 13.2. The van der Waals surface area contributed by atoms with E-state index < -0.39 is 0 Å². The Hall–Kier alpha value is -3.81. The average Bonchev–Trinajstić information content (AvgIpc) is 3.05. The number of fused-ring (bicyclic) bond motifs is 3. The molecule has 0 radical (unpaired) electrons. The van der Waals surface area contributed by atoms with Gasteiger partial charge < -0.3 is 0 Å². The zero-order chi connectivity index (χ0) is 20.1. The molecule has 8 nitrogen and oxygen atoms in total. The summed E-state index contributed by atoms with van der Waals surface area (Å²) >= 11 is 0. The van der Waals surface area contributed by atoms with Crippen molar-refractivity contribution in [2.24, 2.45) is 0 Å². The number of carbonyl (C=O) groups excluding carboxylic acids is 1. The lowest BCUT2D eigenvalue weighted by Gasteiger charge is -2.23. The molecule has 1 aliphatic rings. The molecule has 1 aliphatic carbocycles. The SMILES string of the molecule is Cc1cc(=O)[nH]c(-n2[nH]c3ncc4c(c3c2=O)CC(c2ccccc2)CC4=O)n1. The number of nitrogens with one attached hydrogen (secondary N) is 2. The summed E-state index contributed by atoms with van der Waals surface area (Å²) < 4.78 is 1.17. The van der Waals surface area contributed by atoms with E-state index >= 15 is 0 Å². The van der Waals surface area contributed by atoms with Crippen molar-refractivity contribution in [3.63, 3.8) is 0 Å². The number of hydrogen-bond acceptors (Lipinski definition) is 5. The van der Waals surface area contributed by atoms with E-state index in [1.165, 1.54) is 16.9 Å². The van der Waals surface area contributed by atoms with E-state index in [1.807, 2.05) is 30.3 Å². The molecule has 0 fully saturated rings. The molecule has 3 heterocycles. The highest BCUT2D eigenvalue weighted by Gasteiger charge is 2.30. The molecule has 0 amide bonds. The number of benzene rings is 1. The van der Waals surface area contributed by atoms with Gasteiger partial charge in [0.25, 0.3) is 11.1 Å².